The molecule has 1 fully saturated rings. The van der Waals surface area contributed by atoms with Crippen molar-refractivity contribution >= 4 is 23.4 Å². The van der Waals surface area contributed by atoms with E-state index in [0.717, 1.165) is 34.4 Å². The van der Waals surface area contributed by atoms with Gasteiger partial charge in [-0.1, -0.05) is 30.3 Å². The summed E-state index contributed by atoms with van der Waals surface area (Å²) in [4.78, 5) is 42.8. The molecule has 9 rings (SSSR count). The molecule has 5 aliphatic rings. The maximum absolute atomic E-state index is 14.3. The second kappa shape index (κ2) is 13.2. The number of hydrogen-bond donors (Lipinski definition) is 2. The Morgan fingerprint density at radius 3 is 2.51 bits per heavy atom. The zero-order valence-corrected chi connectivity index (χ0v) is 26.1. The Bertz CT molecular complexity index is 1820. The number of nitrogens with one attached hydrogen (secondary N) is 1. The Balaban J connectivity index is 1.24. The fraction of sp³-hybridized carbons (Fsp3) is 0.289. The van der Waals surface area contributed by atoms with E-state index < -0.39 is 0 Å². The smallest absolute Gasteiger partial charge is 0.254 e. The van der Waals surface area contributed by atoms with Gasteiger partial charge in [0, 0.05) is 43.7 Å². The number of benzene rings is 4. The molecule has 240 valence electrons. The number of phenols is 1. The third kappa shape index (κ3) is 6.52. The van der Waals surface area contributed by atoms with E-state index in [1.54, 1.807) is 23.1 Å². The highest BCUT2D eigenvalue weighted by atomic mass is 16.5. The van der Waals surface area contributed by atoms with Gasteiger partial charge in [-0.15, -0.1) is 0 Å². The number of fused-ring (bicyclic) bond motifs is 1. The summed E-state index contributed by atoms with van der Waals surface area (Å²) < 4.78 is 12.2. The van der Waals surface area contributed by atoms with Gasteiger partial charge in [-0.25, -0.2) is 0 Å². The average Bonchev–Trinajstić information content (AvgIpc) is 3.53. The summed E-state index contributed by atoms with van der Waals surface area (Å²) in [6, 6.07) is 25.8. The van der Waals surface area contributed by atoms with Crippen LogP contribution >= 0.6 is 0 Å². The van der Waals surface area contributed by atoms with E-state index in [1.165, 1.54) is 0 Å². The van der Waals surface area contributed by atoms with E-state index in [1.807, 2.05) is 71.6 Å². The number of amides is 3. The van der Waals surface area contributed by atoms with Gasteiger partial charge in [-0.3, -0.25) is 14.4 Å². The zero-order valence-electron chi connectivity index (χ0n) is 26.1. The number of nitrogens with zero attached hydrogens (tertiary/aromatic N) is 2. The highest BCUT2D eigenvalue weighted by molar-refractivity contribution is 5.99. The highest BCUT2D eigenvalue weighted by Crippen LogP contribution is 2.40. The van der Waals surface area contributed by atoms with Crippen molar-refractivity contribution in [3.8, 4) is 23.0 Å². The summed E-state index contributed by atoms with van der Waals surface area (Å²) >= 11 is 0. The molecule has 8 bridgehead atoms. The lowest BCUT2D eigenvalue weighted by atomic mass is 9.87. The van der Waals surface area contributed by atoms with Gasteiger partial charge in [-0.05, 0) is 103 Å². The molecule has 3 amide bonds. The van der Waals surface area contributed by atoms with Gasteiger partial charge in [0.05, 0.1) is 12.6 Å². The first-order valence-electron chi connectivity index (χ1n) is 16.3. The topological polar surface area (TPSA) is 108 Å². The summed E-state index contributed by atoms with van der Waals surface area (Å²) in [5.41, 5.74) is 5.15. The first-order chi connectivity index (χ1) is 22.9. The first kappa shape index (κ1) is 30.3. The molecule has 4 aromatic carbocycles. The van der Waals surface area contributed by atoms with Crippen LogP contribution in [0.1, 0.15) is 64.3 Å². The second-order valence-electron chi connectivity index (χ2n) is 12.2. The predicted molar refractivity (Wildman–Crippen MR) is 177 cm³/mol. The monoisotopic (exact) mass is 631 g/mol. The van der Waals surface area contributed by atoms with E-state index >= 15 is 0 Å². The van der Waals surface area contributed by atoms with Crippen LogP contribution in [0, 0.1) is 0 Å². The van der Waals surface area contributed by atoms with E-state index in [0.29, 0.717) is 81.2 Å². The molecule has 0 radical (unpaired) electrons. The molecule has 2 N–H and O–H groups in total. The van der Waals surface area contributed by atoms with Gasteiger partial charge in [-0.2, -0.15) is 0 Å². The quantitative estimate of drug-likeness (QED) is 0.284. The Labute approximate surface area is 273 Å². The fourth-order valence-electron chi connectivity index (χ4n) is 6.64. The van der Waals surface area contributed by atoms with Crippen molar-refractivity contribution in [1.82, 2.24) is 10.2 Å². The van der Waals surface area contributed by atoms with Crippen molar-refractivity contribution in [2.75, 3.05) is 31.1 Å². The number of carbonyl (C=O) groups excluding carboxylic acids is 3. The number of aromatic hydroxyl groups is 1. The number of carbonyl (C=O) groups is 3. The van der Waals surface area contributed by atoms with Crippen LogP contribution < -0.4 is 19.7 Å². The highest BCUT2D eigenvalue weighted by Gasteiger charge is 2.33. The summed E-state index contributed by atoms with van der Waals surface area (Å²) in [6.45, 7) is 2.09. The molecular formula is C38H37N3O6. The number of rotatable bonds is 2. The largest absolute Gasteiger partial charge is 0.504 e. The molecule has 9 nitrogen and oxygen atoms in total. The van der Waals surface area contributed by atoms with Crippen molar-refractivity contribution in [2.24, 2.45) is 0 Å². The number of ether oxygens (including phenoxy) is 2. The van der Waals surface area contributed by atoms with Crippen LogP contribution in [-0.2, 0) is 22.4 Å². The van der Waals surface area contributed by atoms with Gasteiger partial charge < -0.3 is 29.7 Å². The van der Waals surface area contributed by atoms with Crippen molar-refractivity contribution in [3.05, 3.63) is 113 Å². The first-order valence-corrected chi connectivity index (χ1v) is 16.3. The Morgan fingerprint density at radius 1 is 0.830 bits per heavy atom. The normalized spacial score (nSPS) is 18.3. The number of hydrogen-bond acceptors (Lipinski definition) is 6. The molecule has 0 aliphatic carbocycles. The Hall–Kier alpha value is -5.31. The van der Waals surface area contributed by atoms with Crippen LogP contribution in [0.3, 0.4) is 0 Å². The molecule has 1 saturated heterocycles. The maximum Gasteiger partial charge on any atom is 0.254 e. The van der Waals surface area contributed by atoms with Crippen molar-refractivity contribution in [2.45, 2.75) is 44.6 Å². The summed E-state index contributed by atoms with van der Waals surface area (Å²) in [5.74, 6) is 1.55. The molecule has 5 heterocycles. The third-order valence-electron chi connectivity index (χ3n) is 9.08. The molecule has 1 atom stereocenters. The number of aryl methyl sites for hydroxylation is 1. The molecule has 1 unspecified atom stereocenters. The minimum Gasteiger partial charge on any atom is -0.504 e. The molecule has 0 aromatic heterocycles. The predicted octanol–water partition coefficient (Wildman–Crippen LogP) is 5.93. The Morgan fingerprint density at radius 2 is 1.68 bits per heavy atom. The molecule has 4 aromatic rings. The Kier molecular flexibility index (Phi) is 8.52. The molecular weight excluding hydrogens is 594 g/mol. The van der Waals surface area contributed by atoms with Gasteiger partial charge in [0.25, 0.3) is 5.91 Å². The standard InChI is InChI=1S/C38H37N3O6/c42-33-15-7-25-8-16-35(43)39-18-3-21-46-30-11-9-26(10-12-30)37-32-14-13-31(47-34(33)22-25)24-27(32)17-20-41(37)38(45)28-4-1-5-29(23-28)40-19-2-6-36(40)44/h1,4-5,7,9-15,22-24,37,42H,2-3,6,8,16-21H2,(H,39,43). The van der Waals surface area contributed by atoms with Crippen LogP contribution in [0.4, 0.5) is 5.69 Å². The molecule has 0 spiro atoms. The van der Waals surface area contributed by atoms with Crippen LogP contribution in [-0.4, -0.2) is 54.0 Å². The number of anilines is 1. The van der Waals surface area contributed by atoms with Gasteiger partial charge in [0.1, 0.15) is 11.5 Å². The third-order valence-corrected chi connectivity index (χ3v) is 9.08. The van der Waals surface area contributed by atoms with Gasteiger partial charge in [0.2, 0.25) is 11.8 Å². The van der Waals surface area contributed by atoms with Crippen molar-refractivity contribution in [3.63, 3.8) is 0 Å². The minimum absolute atomic E-state index is 0.0157. The van der Waals surface area contributed by atoms with Crippen LogP contribution in [0.5, 0.6) is 23.0 Å². The van der Waals surface area contributed by atoms with Gasteiger partial charge >= 0.3 is 0 Å². The van der Waals surface area contributed by atoms with Crippen molar-refractivity contribution < 1.29 is 29.0 Å². The molecule has 0 saturated carbocycles. The number of phenolic OH excluding ortho intramolecular Hbond substituents is 1. The lowest BCUT2D eigenvalue weighted by Crippen LogP contribution is -2.40. The lowest BCUT2D eigenvalue weighted by molar-refractivity contribution is -0.121. The average molecular weight is 632 g/mol. The SMILES string of the molecule is O=C1CCc2ccc(O)c(c2)Oc2ccc3c(c2)CCN(C(=O)c2cccc(N4CCCC4=O)c2)C3c2ccc(cc2)OCCCN1. The van der Waals surface area contributed by atoms with E-state index in [4.69, 9.17) is 9.47 Å². The molecule has 47 heavy (non-hydrogen) atoms. The minimum atomic E-state index is -0.368. The maximum atomic E-state index is 14.3. The van der Waals surface area contributed by atoms with E-state index in [-0.39, 0.29) is 29.5 Å². The fourth-order valence-corrected chi connectivity index (χ4v) is 6.64. The van der Waals surface area contributed by atoms with E-state index in [2.05, 4.69) is 5.32 Å². The second-order valence-corrected chi connectivity index (χ2v) is 12.2. The van der Waals surface area contributed by atoms with Crippen LogP contribution in [0.15, 0.2) is 84.9 Å². The molecule has 5 aliphatic heterocycles. The van der Waals surface area contributed by atoms with E-state index in [9.17, 15) is 19.5 Å². The summed E-state index contributed by atoms with van der Waals surface area (Å²) in [5, 5.41) is 13.5. The van der Waals surface area contributed by atoms with Crippen LogP contribution in [0.2, 0.25) is 0 Å². The lowest BCUT2D eigenvalue weighted by Gasteiger charge is -2.38. The van der Waals surface area contributed by atoms with Crippen molar-refractivity contribution in [1.29, 1.82) is 0 Å². The van der Waals surface area contributed by atoms with Gasteiger partial charge in [0.15, 0.2) is 11.5 Å². The van der Waals surface area contributed by atoms with Crippen LogP contribution in [0.25, 0.3) is 0 Å². The molecule has 9 heteroatoms. The summed E-state index contributed by atoms with van der Waals surface area (Å²) in [6.07, 6.45) is 3.44. The summed E-state index contributed by atoms with van der Waals surface area (Å²) in [7, 11) is 0. The zero-order chi connectivity index (χ0) is 32.3.